The smallest absolute Gasteiger partial charge is 0.357 e. The van der Waals surface area contributed by atoms with Crippen molar-refractivity contribution < 1.29 is 23.8 Å². The van der Waals surface area contributed by atoms with Crippen molar-refractivity contribution in [2.45, 2.75) is 65.3 Å². The second-order valence-corrected chi connectivity index (χ2v) is 12.1. The average molecular weight is 628 g/mol. The lowest BCUT2D eigenvalue weighted by Gasteiger charge is -2.18. The van der Waals surface area contributed by atoms with Crippen LogP contribution in [0.3, 0.4) is 0 Å². The molecule has 9 heteroatoms. The summed E-state index contributed by atoms with van der Waals surface area (Å²) in [6.07, 6.45) is 7.66. The van der Waals surface area contributed by atoms with E-state index < -0.39 is 5.97 Å². The van der Waals surface area contributed by atoms with Gasteiger partial charge in [-0.1, -0.05) is 51.2 Å². The number of benzene rings is 2. The maximum atomic E-state index is 14.3. The summed E-state index contributed by atoms with van der Waals surface area (Å²) in [7, 11) is 1.32. The van der Waals surface area contributed by atoms with Crippen LogP contribution >= 0.6 is 11.3 Å². The molecule has 1 aliphatic heterocycles. The van der Waals surface area contributed by atoms with Gasteiger partial charge in [0.2, 0.25) is 0 Å². The van der Waals surface area contributed by atoms with E-state index in [1.165, 1.54) is 38.4 Å². The fraction of sp³-hybridized carbons (Fsp3) is 0.361. The number of esters is 1. The van der Waals surface area contributed by atoms with Crippen LogP contribution in [0.4, 0.5) is 5.69 Å². The topological polar surface area (TPSA) is 113 Å². The van der Waals surface area contributed by atoms with Gasteiger partial charge in [0, 0.05) is 45.8 Å². The van der Waals surface area contributed by atoms with E-state index in [1.54, 1.807) is 24.3 Å². The minimum atomic E-state index is -0.584. The molecular weight excluding hydrogens is 586 g/mol. The zero-order valence-electron chi connectivity index (χ0n) is 26.2. The zero-order valence-corrected chi connectivity index (χ0v) is 27.1. The molecule has 0 bridgehead atoms. The number of carbonyl (C=O) groups excluding carboxylic acids is 2. The summed E-state index contributed by atoms with van der Waals surface area (Å²) in [5.41, 5.74) is 11.6. The number of hydrogen-bond donors (Lipinski definition) is 2. The number of aromatic nitrogens is 1. The van der Waals surface area contributed by atoms with E-state index in [0.29, 0.717) is 59.3 Å². The summed E-state index contributed by atoms with van der Waals surface area (Å²) in [5, 5.41) is 5.15. The predicted molar refractivity (Wildman–Crippen MR) is 179 cm³/mol. The molecule has 1 amide bonds. The number of pyridine rings is 1. The molecule has 0 unspecified atom stereocenters. The molecule has 0 aliphatic carbocycles. The molecule has 2 aromatic carbocycles. The fourth-order valence-corrected chi connectivity index (χ4v) is 6.50. The molecule has 0 radical (unpaired) electrons. The van der Waals surface area contributed by atoms with Crippen LogP contribution in [-0.4, -0.2) is 37.2 Å². The van der Waals surface area contributed by atoms with Crippen LogP contribution in [0.5, 0.6) is 11.5 Å². The first-order valence-electron chi connectivity index (χ1n) is 15.6. The molecular formula is C36H41N3O5S. The number of amides is 1. The first-order chi connectivity index (χ1) is 21.9. The number of hydrogen-bond acceptors (Lipinski definition) is 8. The summed E-state index contributed by atoms with van der Waals surface area (Å²) in [6.45, 7) is 5.42. The number of rotatable bonds is 13. The van der Waals surface area contributed by atoms with E-state index in [1.807, 2.05) is 36.4 Å². The number of anilines is 1. The van der Waals surface area contributed by atoms with Gasteiger partial charge in [-0.2, -0.15) is 0 Å². The van der Waals surface area contributed by atoms with Gasteiger partial charge in [-0.25, -0.2) is 9.78 Å². The lowest BCUT2D eigenvalue weighted by molar-refractivity contribution is 0.0594. The summed E-state index contributed by atoms with van der Waals surface area (Å²) in [4.78, 5) is 32.7. The van der Waals surface area contributed by atoms with Gasteiger partial charge in [-0.15, -0.1) is 11.3 Å². The van der Waals surface area contributed by atoms with Crippen molar-refractivity contribution in [3.8, 4) is 33.1 Å². The zero-order chi connectivity index (χ0) is 31.8. The average Bonchev–Trinajstić information content (AvgIpc) is 3.45. The first-order valence-corrected chi connectivity index (χ1v) is 16.5. The molecule has 5 rings (SSSR count). The Hall–Kier alpha value is -4.21. The van der Waals surface area contributed by atoms with Crippen LogP contribution in [-0.2, 0) is 17.7 Å². The van der Waals surface area contributed by atoms with Gasteiger partial charge >= 0.3 is 5.97 Å². The van der Waals surface area contributed by atoms with E-state index in [-0.39, 0.29) is 11.6 Å². The molecule has 8 nitrogen and oxygen atoms in total. The van der Waals surface area contributed by atoms with Gasteiger partial charge in [0.1, 0.15) is 11.5 Å². The maximum absolute atomic E-state index is 14.3. The Morgan fingerprint density at radius 2 is 1.82 bits per heavy atom. The molecule has 2 aromatic heterocycles. The number of aryl methyl sites for hydroxylation is 1. The summed E-state index contributed by atoms with van der Waals surface area (Å²) in [5.74, 6) is 0.289. The molecule has 45 heavy (non-hydrogen) atoms. The molecule has 0 fully saturated rings. The molecule has 4 aromatic rings. The van der Waals surface area contributed by atoms with Crippen molar-refractivity contribution in [2.24, 2.45) is 5.73 Å². The first kappa shape index (κ1) is 32.2. The number of ether oxygens (including phenoxy) is 3. The Bertz CT molecular complexity index is 1660. The van der Waals surface area contributed by atoms with Gasteiger partial charge in [0.05, 0.1) is 26.0 Å². The standard InChI is InChI=1S/C36H41N3O5S/c1-4-5-6-7-8-9-16-43-32-19-24(22-37)11-13-30(32)39-35(40)28-20-29-31(44-17-14-25-15-18-45-34(25)29)21-27(28)26-12-10-23(2)38-33(26)36(41)42-3/h10-13,15,18-21H,4-9,14,16-17,22,37H2,1-3H3,(H,39,40). The van der Waals surface area contributed by atoms with Crippen molar-refractivity contribution in [1.29, 1.82) is 0 Å². The Morgan fingerprint density at radius 3 is 2.62 bits per heavy atom. The third kappa shape index (κ3) is 7.54. The van der Waals surface area contributed by atoms with Crippen LogP contribution in [0.2, 0.25) is 0 Å². The summed E-state index contributed by atoms with van der Waals surface area (Å²) in [6, 6.07) is 15.0. The van der Waals surface area contributed by atoms with E-state index in [4.69, 9.17) is 19.9 Å². The predicted octanol–water partition coefficient (Wildman–Crippen LogP) is 7.96. The molecule has 1 aliphatic rings. The maximum Gasteiger partial charge on any atom is 0.357 e. The molecule has 0 saturated heterocycles. The molecule has 0 atom stereocenters. The summed E-state index contributed by atoms with van der Waals surface area (Å²) < 4.78 is 17.5. The number of nitrogens with one attached hydrogen (secondary N) is 1. The van der Waals surface area contributed by atoms with Gasteiger partial charge in [-0.05, 0) is 66.2 Å². The molecule has 0 saturated carbocycles. The van der Waals surface area contributed by atoms with Crippen molar-refractivity contribution in [1.82, 2.24) is 4.98 Å². The summed E-state index contributed by atoms with van der Waals surface area (Å²) >= 11 is 1.61. The third-order valence-electron chi connectivity index (χ3n) is 7.97. The molecule has 0 spiro atoms. The third-order valence-corrected chi connectivity index (χ3v) is 8.96. The molecule has 3 heterocycles. The second kappa shape index (κ2) is 15.2. The highest BCUT2D eigenvalue weighted by Crippen LogP contribution is 2.43. The number of carbonyl (C=O) groups is 2. The van der Waals surface area contributed by atoms with Gasteiger partial charge < -0.3 is 25.3 Å². The quantitative estimate of drug-likeness (QED) is 0.114. The fourth-order valence-electron chi connectivity index (χ4n) is 5.52. The van der Waals surface area contributed by atoms with Crippen LogP contribution in [0.25, 0.3) is 21.6 Å². The minimum Gasteiger partial charge on any atom is -0.493 e. The number of thiophene rings is 1. The highest BCUT2D eigenvalue weighted by atomic mass is 32.1. The van der Waals surface area contributed by atoms with Crippen molar-refractivity contribution in [2.75, 3.05) is 25.6 Å². The van der Waals surface area contributed by atoms with Crippen LogP contribution in [0.15, 0.2) is 53.9 Å². The lowest BCUT2D eigenvalue weighted by atomic mass is 9.93. The largest absolute Gasteiger partial charge is 0.493 e. The van der Waals surface area contributed by atoms with E-state index in [2.05, 4.69) is 28.7 Å². The second-order valence-electron chi connectivity index (χ2n) is 11.2. The van der Waals surface area contributed by atoms with E-state index in [9.17, 15) is 9.59 Å². The minimum absolute atomic E-state index is 0.132. The number of fused-ring (bicyclic) bond motifs is 3. The van der Waals surface area contributed by atoms with Crippen LogP contribution in [0.1, 0.15) is 83.1 Å². The Balaban J connectivity index is 1.53. The Labute approximate surface area is 268 Å². The van der Waals surface area contributed by atoms with Gasteiger partial charge in [0.15, 0.2) is 5.69 Å². The van der Waals surface area contributed by atoms with E-state index in [0.717, 1.165) is 35.3 Å². The monoisotopic (exact) mass is 627 g/mol. The van der Waals surface area contributed by atoms with Gasteiger partial charge in [-0.3, -0.25) is 4.79 Å². The lowest BCUT2D eigenvalue weighted by Crippen LogP contribution is -2.16. The number of nitrogens with two attached hydrogens (primary N) is 1. The van der Waals surface area contributed by atoms with Crippen molar-refractivity contribution in [3.63, 3.8) is 0 Å². The van der Waals surface area contributed by atoms with E-state index >= 15 is 0 Å². The Kier molecular flexibility index (Phi) is 10.9. The highest BCUT2D eigenvalue weighted by molar-refractivity contribution is 7.13. The molecule has 236 valence electrons. The van der Waals surface area contributed by atoms with Crippen LogP contribution in [0, 0.1) is 6.92 Å². The van der Waals surface area contributed by atoms with Crippen LogP contribution < -0.4 is 20.5 Å². The van der Waals surface area contributed by atoms with Crippen molar-refractivity contribution >= 4 is 28.9 Å². The van der Waals surface area contributed by atoms with Crippen molar-refractivity contribution in [3.05, 3.63) is 82.0 Å². The number of unbranched alkanes of at least 4 members (excludes halogenated alkanes) is 5. The molecule has 3 N–H and O–H groups in total. The highest BCUT2D eigenvalue weighted by Gasteiger charge is 2.26. The normalized spacial score (nSPS) is 12.0. The SMILES string of the molecule is CCCCCCCCOc1cc(CN)ccc1NC(=O)c1cc2c(cc1-c1ccc(C)nc1C(=O)OC)OCCc1ccsc1-2. The Morgan fingerprint density at radius 1 is 1.00 bits per heavy atom. The number of nitrogens with zero attached hydrogens (tertiary/aromatic N) is 1. The number of methoxy groups -OCH3 is 1. The van der Waals surface area contributed by atoms with Gasteiger partial charge in [0.25, 0.3) is 5.91 Å².